The van der Waals surface area contributed by atoms with Crippen molar-refractivity contribution in [3.63, 3.8) is 0 Å². The maximum atomic E-state index is 13.4. The second-order valence-electron chi connectivity index (χ2n) is 6.76. The molecular weight excluding hydrogens is 360 g/mol. The van der Waals surface area contributed by atoms with Gasteiger partial charge in [-0.1, -0.05) is 0 Å². The van der Waals surface area contributed by atoms with E-state index in [0.29, 0.717) is 19.3 Å². The molecule has 1 atom stereocenters. The molecule has 4 rings (SSSR count). The van der Waals surface area contributed by atoms with Crippen LogP contribution in [0.3, 0.4) is 0 Å². The third kappa shape index (κ3) is 3.41. The molecule has 2 N–H and O–H groups in total. The maximum absolute atomic E-state index is 13.4. The van der Waals surface area contributed by atoms with Crippen LogP contribution < -0.4 is 5.32 Å². The number of amides is 1. The van der Waals surface area contributed by atoms with E-state index in [-0.39, 0.29) is 17.4 Å². The van der Waals surface area contributed by atoms with E-state index in [9.17, 15) is 22.4 Å². The van der Waals surface area contributed by atoms with Gasteiger partial charge in [-0.3, -0.25) is 4.79 Å². The molecule has 0 saturated carbocycles. The lowest BCUT2D eigenvalue weighted by Gasteiger charge is -2.23. The van der Waals surface area contributed by atoms with Crippen LogP contribution in [0.1, 0.15) is 33.6 Å². The number of aromatic nitrogens is 1. The zero-order valence-electron chi connectivity index (χ0n) is 14.2. The molecule has 7 heteroatoms. The van der Waals surface area contributed by atoms with Crippen LogP contribution in [0.4, 0.5) is 17.6 Å². The highest BCUT2D eigenvalue weighted by atomic mass is 19.4. The van der Waals surface area contributed by atoms with Gasteiger partial charge < -0.3 is 10.3 Å². The van der Waals surface area contributed by atoms with Crippen molar-refractivity contribution >= 4 is 16.8 Å². The van der Waals surface area contributed by atoms with Gasteiger partial charge in [-0.25, -0.2) is 4.39 Å². The highest BCUT2D eigenvalue weighted by molar-refractivity contribution is 5.94. The number of fused-ring (bicyclic) bond motifs is 3. The van der Waals surface area contributed by atoms with Crippen molar-refractivity contribution in [2.45, 2.75) is 31.5 Å². The van der Waals surface area contributed by atoms with Gasteiger partial charge >= 0.3 is 6.18 Å². The fraction of sp³-hybridized carbons (Fsp3) is 0.250. The van der Waals surface area contributed by atoms with Gasteiger partial charge in [0, 0.05) is 28.2 Å². The topological polar surface area (TPSA) is 44.9 Å². The van der Waals surface area contributed by atoms with Crippen LogP contribution in [-0.2, 0) is 19.0 Å². The molecule has 140 valence electrons. The van der Waals surface area contributed by atoms with Crippen molar-refractivity contribution in [3.8, 4) is 0 Å². The van der Waals surface area contributed by atoms with Gasteiger partial charge in [0.25, 0.3) is 5.91 Å². The van der Waals surface area contributed by atoms with E-state index in [1.807, 2.05) is 0 Å². The Morgan fingerprint density at radius 3 is 2.56 bits per heavy atom. The fourth-order valence-electron chi connectivity index (χ4n) is 3.60. The smallest absolute Gasteiger partial charge is 0.358 e. The van der Waals surface area contributed by atoms with Crippen molar-refractivity contribution in [2.24, 2.45) is 0 Å². The third-order valence-electron chi connectivity index (χ3n) is 4.96. The Bertz CT molecular complexity index is 1010. The summed E-state index contributed by atoms with van der Waals surface area (Å²) in [5, 5.41) is 3.82. The van der Waals surface area contributed by atoms with Gasteiger partial charge in [0.1, 0.15) is 5.82 Å². The van der Waals surface area contributed by atoms with E-state index in [0.717, 1.165) is 34.3 Å². The third-order valence-corrected chi connectivity index (χ3v) is 4.96. The van der Waals surface area contributed by atoms with E-state index >= 15 is 0 Å². The monoisotopic (exact) mass is 376 g/mol. The van der Waals surface area contributed by atoms with Crippen LogP contribution >= 0.6 is 0 Å². The summed E-state index contributed by atoms with van der Waals surface area (Å²) in [6, 6.07) is 8.62. The fourth-order valence-corrected chi connectivity index (χ4v) is 3.60. The number of carbonyl (C=O) groups is 1. The van der Waals surface area contributed by atoms with Crippen molar-refractivity contribution < 1.29 is 22.4 Å². The Morgan fingerprint density at radius 1 is 1.11 bits per heavy atom. The summed E-state index contributed by atoms with van der Waals surface area (Å²) in [6.07, 6.45) is -2.42. The van der Waals surface area contributed by atoms with Crippen LogP contribution in [0.2, 0.25) is 0 Å². The lowest BCUT2D eigenvalue weighted by Crippen LogP contribution is -2.38. The summed E-state index contributed by atoms with van der Waals surface area (Å²) >= 11 is 0. The molecule has 1 heterocycles. The van der Waals surface area contributed by atoms with Crippen LogP contribution in [0.25, 0.3) is 10.9 Å². The first kappa shape index (κ1) is 17.6. The SMILES string of the molecule is O=C(NC1CCc2[nH]c3cc(F)ccc3c2C1)c1ccc(C(F)(F)F)cc1. The van der Waals surface area contributed by atoms with Gasteiger partial charge in [0.2, 0.25) is 0 Å². The summed E-state index contributed by atoms with van der Waals surface area (Å²) in [5.74, 6) is -0.712. The van der Waals surface area contributed by atoms with Gasteiger partial charge in [-0.05, 0) is 67.3 Å². The lowest BCUT2D eigenvalue weighted by atomic mass is 9.91. The molecule has 1 aliphatic rings. The molecule has 0 saturated heterocycles. The van der Waals surface area contributed by atoms with Crippen molar-refractivity contribution in [3.05, 3.63) is 70.7 Å². The number of nitrogens with one attached hydrogen (secondary N) is 2. The van der Waals surface area contributed by atoms with Crippen LogP contribution in [0.15, 0.2) is 42.5 Å². The molecule has 0 bridgehead atoms. The highest BCUT2D eigenvalue weighted by Crippen LogP contribution is 2.31. The molecular formula is C20H16F4N2O. The van der Waals surface area contributed by atoms with Crippen LogP contribution in [0.5, 0.6) is 0 Å². The Kier molecular flexibility index (Phi) is 4.17. The number of aryl methyl sites for hydroxylation is 1. The summed E-state index contributed by atoms with van der Waals surface area (Å²) in [4.78, 5) is 15.6. The largest absolute Gasteiger partial charge is 0.416 e. The number of rotatable bonds is 2. The maximum Gasteiger partial charge on any atom is 0.416 e. The quantitative estimate of drug-likeness (QED) is 0.630. The number of hydrogen-bond acceptors (Lipinski definition) is 1. The van der Waals surface area contributed by atoms with Crippen molar-refractivity contribution in [1.29, 1.82) is 0 Å². The van der Waals surface area contributed by atoms with Gasteiger partial charge in [0.05, 0.1) is 5.56 Å². The minimum Gasteiger partial charge on any atom is -0.358 e. The molecule has 0 radical (unpaired) electrons. The standard InChI is InChI=1S/C20H16F4N2O/c21-13-5-7-15-16-10-14(6-8-17(16)26-18(15)9-13)25-19(27)11-1-3-12(4-2-11)20(22,23)24/h1-5,7,9,14,26H,6,8,10H2,(H,25,27). The van der Waals surface area contributed by atoms with Crippen LogP contribution in [-0.4, -0.2) is 16.9 Å². The second-order valence-corrected chi connectivity index (χ2v) is 6.76. The van der Waals surface area contributed by atoms with E-state index in [1.165, 1.54) is 24.3 Å². The Labute approximate surface area is 152 Å². The highest BCUT2D eigenvalue weighted by Gasteiger charge is 2.30. The summed E-state index contributed by atoms with van der Waals surface area (Å²) in [5.41, 5.74) is 2.22. The minimum atomic E-state index is -4.43. The van der Waals surface area contributed by atoms with Crippen molar-refractivity contribution in [1.82, 2.24) is 10.3 Å². The molecule has 1 aliphatic carbocycles. The Balaban J connectivity index is 1.49. The summed E-state index contributed by atoms with van der Waals surface area (Å²) < 4.78 is 51.3. The molecule has 1 amide bonds. The number of halogens is 4. The predicted molar refractivity (Wildman–Crippen MR) is 93.0 cm³/mol. The predicted octanol–water partition coefficient (Wildman–Crippen LogP) is 4.61. The van der Waals surface area contributed by atoms with Gasteiger partial charge in [-0.2, -0.15) is 13.2 Å². The Morgan fingerprint density at radius 2 is 1.85 bits per heavy atom. The Hall–Kier alpha value is -2.83. The number of hydrogen-bond donors (Lipinski definition) is 2. The molecule has 0 fully saturated rings. The molecule has 1 aromatic heterocycles. The molecule has 3 aromatic rings. The van der Waals surface area contributed by atoms with Gasteiger partial charge in [-0.15, -0.1) is 0 Å². The first-order valence-electron chi connectivity index (χ1n) is 8.58. The summed E-state index contributed by atoms with van der Waals surface area (Å²) in [7, 11) is 0. The molecule has 2 aromatic carbocycles. The summed E-state index contributed by atoms with van der Waals surface area (Å²) in [6.45, 7) is 0. The number of carbonyl (C=O) groups excluding carboxylic acids is 1. The van der Waals surface area contributed by atoms with E-state index in [4.69, 9.17) is 0 Å². The van der Waals surface area contributed by atoms with Gasteiger partial charge in [0.15, 0.2) is 0 Å². The zero-order valence-corrected chi connectivity index (χ0v) is 14.2. The first-order valence-corrected chi connectivity index (χ1v) is 8.58. The number of benzene rings is 2. The normalized spacial score (nSPS) is 17.0. The minimum absolute atomic E-state index is 0.128. The second kappa shape index (κ2) is 6.40. The van der Waals surface area contributed by atoms with E-state index < -0.39 is 17.6 Å². The number of aromatic amines is 1. The van der Waals surface area contributed by atoms with Crippen molar-refractivity contribution in [2.75, 3.05) is 0 Å². The van der Waals surface area contributed by atoms with E-state index in [2.05, 4.69) is 10.3 Å². The molecule has 1 unspecified atom stereocenters. The average molecular weight is 376 g/mol. The zero-order chi connectivity index (χ0) is 19.2. The lowest BCUT2D eigenvalue weighted by molar-refractivity contribution is -0.137. The van der Waals surface area contributed by atoms with E-state index in [1.54, 1.807) is 6.07 Å². The number of H-pyrrole nitrogens is 1. The average Bonchev–Trinajstić information content (AvgIpc) is 2.98. The molecule has 3 nitrogen and oxygen atoms in total. The number of alkyl halides is 3. The molecule has 0 aliphatic heterocycles. The molecule has 27 heavy (non-hydrogen) atoms. The molecule has 0 spiro atoms. The first-order chi connectivity index (χ1) is 12.8. The van der Waals surface area contributed by atoms with Crippen LogP contribution in [0, 0.1) is 5.82 Å².